The summed E-state index contributed by atoms with van der Waals surface area (Å²) in [6, 6.07) is 1.79. The Bertz CT molecular complexity index is 1430. The van der Waals surface area contributed by atoms with Gasteiger partial charge in [-0.2, -0.15) is 15.2 Å². The number of anilines is 4. The third-order valence-electron chi connectivity index (χ3n) is 6.54. The van der Waals surface area contributed by atoms with Crippen molar-refractivity contribution in [1.29, 1.82) is 0 Å². The molecule has 1 saturated heterocycles. The van der Waals surface area contributed by atoms with Gasteiger partial charge in [0, 0.05) is 58.9 Å². The molecular weight excluding hydrogens is 486 g/mol. The van der Waals surface area contributed by atoms with Gasteiger partial charge in [0.2, 0.25) is 5.95 Å². The van der Waals surface area contributed by atoms with Crippen LogP contribution in [0, 0.1) is 6.92 Å². The van der Waals surface area contributed by atoms with Gasteiger partial charge in [-0.3, -0.25) is 19.4 Å². The maximum Gasteiger partial charge on any atom is 0.252 e. The number of rotatable bonds is 9. The topological polar surface area (TPSA) is 140 Å². The Morgan fingerprint density at radius 2 is 2.05 bits per heavy atom. The Morgan fingerprint density at radius 1 is 1.18 bits per heavy atom. The summed E-state index contributed by atoms with van der Waals surface area (Å²) < 4.78 is 9.10. The van der Waals surface area contributed by atoms with Crippen molar-refractivity contribution < 1.29 is 9.53 Å². The smallest absolute Gasteiger partial charge is 0.252 e. The average molecular weight is 520 g/mol. The van der Waals surface area contributed by atoms with Crippen LogP contribution in [0.3, 0.4) is 0 Å². The number of hydrogen-bond acceptors (Lipinski definition) is 10. The highest BCUT2D eigenvalue weighted by atomic mass is 16.5. The molecule has 0 aliphatic carbocycles. The van der Waals surface area contributed by atoms with Crippen LogP contribution in [-0.4, -0.2) is 84.2 Å². The number of amides is 1. The van der Waals surface area contributed by atoms with Gasteiger partial charge in [-0.1, -0.05) is 6.92 Å². The van der Waals surface area contributed by atoms with Crippen LogP contribution in [0.5, 0.6) is 0 Å². The van der Waals surface area contributed by atoms with Gasteiger partial charge in [-0.15, -0.1) is 0 Å². The molecule has 5 heterocycles. The molecule has 13 heteroatoms. The number of morpholine rings is 1. The first-order chi connectivity index (χ1) is 18.4. The number of fused-ring (bicyclic) bond motifs is 1. The Balaban J connectivity index is 1.26. The maximum atomic E-state index is 12.9. The minimum atomic E-state index is -0.166. The molecule has 5 rings (SSSR count). The van der Waals surface area contributed by atoms with Crippen molar-refractivity contribution in [2.24, 2.45) is 14.1 Å². The molecule has 0 bridgehead atoms. The van der Waals surface area contributed by atoms with E-state index in [-0.39, 0.29) is 12.0 Å². The predicted octanol–water partition coefficient (Wildman–Crippen LogP) is 2.13. The first kappa shape index (κ1) is 25.5. The van der Waals surface area contributed by atoms with Gasteiger partial charge in [0.25, 0.3) is 5.91 Å². The molecule has 1 fully saturated rings. The molecule has 1 amide bonds. The number of carbonyl (C=O) groups is 1. The Hall–Kier alpha value is -4.10. The summed E-state index contributed by atoms with van der Waals surface area (Å²) in [4.78, 5) is 28.6. The van der Waals surface area contributed by atoms with Gasteiger partial charge in [-0.25, -0.2) is 9.67 Å². The molecule has 200 valence electrons. The van der Waals surface area contributed by atoms with Crippen LogP contribution in [0.4, 0.5) is 23.1 Å². The van der Waals surface area contributed by atoms with E-state index in [1.54, 1.807) is 34.0 Å². The molecule has 0 spiro atoms. The van der Waals surface area contributed by atoms with E-state index in [0.29, 0.717) is 35.2 Å². The zero-order valence-electron chi connectivity index (χ0n) is 22.1. The molecule has 1 aliphatic heterocycles. The summed E-state index contributed by atoms with van der Waals surface area (Å²) in [5.74, 6) is 0.857. The third kappa shape index (κ3) is 5.73. The van der Waals surface area contributed by atoms with Crippen molar-refractivity contribution in [3.05, 3.63) is 42.1 Å². The molecule has 3 N–H and O–H groups in total. The summed E-state index contributed by atoms with van der Waals surface area (Å²) in [6.07, 6.45) is 8.11. The second-order valence-corrected chi connectivity index (χ2v) is 9.37. The fraction of sp³-hybridized carbons (Fsp3) is 0.440. The third-order valence-corrected chi connectivity index (χ3v) is 6.54. The van der Waals surface area contributed by atoms with Crippen molar-refractivity contribution in [3.8, 4) is 0 Å². The van der Waals surface area contributed by atoms with Crippen LogP contribution < -0.4 is 16.0 Å². The lowest BCUT2D eigenvalue weighted by Gasteiger charge is -2.32. The van der Waals surface area contributed by atoms with Gasteiger partial charge in [0.1, 0.15) is 0 Å². The van der Waals surface area contributed by atoms with E-state index in [1.165, 1.54) is 0 Å². The maximum absolute atomic E-state index is 12.9. The highest BCUT2D eigenvalue weighted by molar-refractivity contribution is 5.96. The fourth-order valence-electron chi connectivity index (χ4n) is 4.38. The molecule has 0 saturated carbocycles. The molecule has 38 heavy (non-hydrogen) atoms. The molecule has 4 aromatic heterocycles. The van der Waals surface area contributed by atoms with E-state index in [4.69, 9.17) is 4.74 Å². The predicted molar refractivity (Wildman–Crippen MR) is 144 cm³/mol. The fourth-order valence-corrected chi connectivity index (χ4v) is 4.38. The van der Waals surface area contributed by atoms with Crippen molar-refractivity contribution in [3.63, 3.8) is 0 Å². The lowest BCUT2D eigenvalue weighted by molar-refractivity contribution is -0.0289. The number of ether oxygens (including phenoxy) is 1. The first-order valence-electron chi connectivity index (χ1n) is 12.7. The zero-order valence-corrected chi connectivity index (χ0v) is 22.1. The number of nitrogens with one attached hydrogen (secondary N) is 3. The summed E-state index contributed by atoms with van der Waals surface area (Å²) in [6.45, 7) is 7.87. The van der Waals surface area contributed by atoms with Crippen LogP contribution in [0.1, 0.15) is 29.4 Å². The van der Waals surface area contributed by atoms with Crippen LogP contribution >= 0.6 is 0 Å². The molecule has 13 nitrogen and oxygen atoms in total. The van der Waals surface area contributed by atoms with Crippen LogP contribution in [-0.2, 0) is 18.8 Å². The van der Waals surface area contributed by atoms with E-state index >= 15 is 0 Å². The quantitative estimate of drug-likeness (QED) is 0.301. The number of aromatic nitrogens is 7. The second kappa shape index (κ2) is 11.1. The van der Waals surface area contributed by atoms with E-state index in [0.717, 1.165) is 49.4 Å². The summed E-state index contributed by atoms with van der Waals surface area (Å²) in [7, 11) is 3.66. The highest BCUT2D eigenvalue weighted by Gasteiger charge is 2.19. The summed E-state index contributed by atoms with van der Waals surface area (Å²) in [5.41, 5.74) is 3.36. The van der Waals surface area contributed by atoms with Crippen molar-refractivity contribution in [2.75, 3.05) is 43.4 Å². The van der Waals surface area contributed by atoms with E-state index in [2.05, 4.69) is 52.9 Å². The standard InChI is InChI=1S/C25H33N11O2/c1-5-19-15-36(8-9-38-19)7-6-26-24(37)17-10-21(16(2)27-11-17)31-22-20-13-28-25(32-23(20)35(4)33-22)30-18-12-29-34(3)14-18/h10-14,19H,5-9,15H2,1-4H3,(H,26,37)(H,31,33)(H,28,30,32). The van der Waals surface area contributed by atoms with E-state index in [1.807, 2.05) is 27.2 Å². The normalized spacial score (nSPS) is 16.1. The minimum Gasteiger partial charge on any atom is -0.376 e. The second-order valence-electron chi connectivity index (χ2n) is 9.37. The van der Waals surface area contributed by atoms with Crippen LogP contribution in [0.25, 0.3) is 11.0 Å². The van der Waals surface area contributed by atoms with Crippen molar-refractivity contribution in [2.45, 2.75) is 26.4 Å². The largest absolute Gasteiger partial charge is 0.376 e. The number of aryl methyl sites for hydroxylation is 3. The Morgan fingerprint density at radius 3 is 2.84 bits per heavy atom. The molecule has 1 aliphatic rings. The lowest BCUT2D eigenvalue weighted by Crippen LogP contribution is -2.45. The molecule has 0 radical (unpaired) electrons. The van der Waals surface area contributed by atoms with E-state index in [9.17, 15) is 4.79 Å². The number of pyridine rings is 1. The van der Waals surface area contributed by atoms with Gasteiger partial charge in [-0.05, 0) is 19.4 Å². The Labute approximate surface area is 220 Å². The molecule has 1 atom stereocenters. The molecular formula is C25H33N11O2. The Kier molecular flexibility index (Phi) is 7.47. The van der Waals surface area contributed by atoms with Gasteiger partial charge in [0.15, 0.2) is 11.5 Å². The van der Waals surface area contributed by atoms with Crippen LogP contribution in [0.2, 0.25) is 0 Å². The summed E-state index contributed by atoms with van der Waals surface area (Å²) >= 11 is 0. The average Bonchev–Trinajstić information content (AvgIpc) is 3.47. The number of carbonyl (C=O) groups excluding carboxylic acids is 1. The summed E-state index contributed by atoms with van der Waals surface area (Å²) in [5, 5.41) is 18.9. The molecule has 4 aromatic rings. The SMILES string of the molecule is CCC1CN(CCNC(=O)c2cnc(C)c(Nc3nn(C)c4nc(Nc5cnn(C)c5)ncc34)c2)CCO1. The monoisotopic (exact) mass is 519 g/mol. The molecule has 1 unspecified atom stereocenters. The lowest BCUT2D eigenvalue weighted by atomic mass is 10.2. The van der Waals surface area contributed by atoms with E-state index < -0.39 is 0 Å². The van der Waals surface area contributed by atoms with Gasteiger partial charge < -0.3 is 20.7 Å². The highest BCUT2D eigenvalue weighted by Crippen LogP contribution is 2.26. The van der Waals surface area contributed by atoms with Crippen molar-refractivity contribution >= 4 is 40.1 Å². The first-order valence-corrected chi connectivity index (χ1v) is 12.7. The van der Waals surface area contributed by atoms with Gasteiger partial charge in [0.05, 0.1) is 46.9 Å². The minimum absolute atomic E-state index is 0.166. The van der Waals surface area contributed by atoms with Crippen molar-refractivity contribution in [1.82, 2.24) is 44.7 Å². The number of nitrogens with zero attached hydrogens (tertiary/aromatic N) is 8. The zero-order chi connectivity index (χ0) is 26.6. The molecule has 0 aromatic carbocycles. The number of hydrogen-bond donors (Lipinski definition) is 3. The van der Waals surface area contributed by atoms with Gasteiger partial charge >= 0.3 is 0 Å². The van der Waals surface area contributed by atoms with Crippen LogP contribution in [0.15, 0.2) is 30.9 Å².